The Balaban J connectivity index is 1.84. The Morgan fingerprint density at radius 3 is 2.72 bits per heavy atom. The topological polar surface area (TPSA) is 45.5 Å². The van der Waals surface area contributed by atoms with Crippen LogP contribution in [0.5, 0.6) is 0 Å². The third kappa shape index (κ3) is 2.94. The van der Waals surface area contributed by atoms with E-state index in [0.29, 0.717) is 11.3 Å². The van der Waals surface area contributed by atoms with Crippen molar-refractivity contribution < 1.29 is 8.78 Å². The average Bonchev–Trinajstić information content (AvgIpc) is 3.14. The molecule has 130 valence electrons. The summed E-state index contributed by atoms with van der Waals surface area (Å²) in [6.45, 7) is 1.87. The van der Waals surface area contributed by atoms with E-state index in [0.717, 1.165) is 19.5 Å². The van der Waals surface area contributed by atoms with Gasteiger partial charge in [0.1, 0.15) is 11.6 Å². The third-order valence-corrected chi connectivity index (χ3v) is 4.65. The van der Waals surface area contributed by atoms with Crippen LogP contribution < -0.4 is 5.32 Å². The first-order valence-corrected chi connectivity index (χ1v) is 8.34. The molecule has 1 N–H and O–H groups in total. The number of hydrogen-bond acceptors (Lipinski definition) is 4. The zero-order valence-electron chi connectivity index (χ0n) is 13.5. The van der Waals surface area contributed by atoms with Crippen LogP contribution >= 0.6 is 11.6 Å². The summed E-state index contributed by atoms with van der Waals surface area (Å²) in [5.74, 6) is -1.34. The van der Waals surface area contributed by atoms with Gasteiger partial charge in [-0.05, 0) is 38.2 Å². The molecular formula is C17H16ClF2N5. The van der Waals surface area contributed by atoms with Crippen LogP contribution in [0.1, 0.15) is 6.42 Å². The Hall–Kier alpha value is -2.25. The minimum absolute atomic E-state index is 0.164. The van der Waals surface area contributed by atoms with Crippen molar-refractivity contribution in [2.24, 2.45) is 0 Å². The second-order valence-corrected chi connectivity index (χ2v) is 6.64. The number of likely N-dealkylation sites (tertiary alicyclic amines) is 1. The summed E-state index contributed by atoms with van der Waals surface area (Å²) in [4.78, 5) is 6.48. The fraction of sp³-hybridized carbons (Fsp3) is 0.294. The van der Waals surface area contributed by atoms with Crippen molar-refractivity contribution in [3.8, 4) is 11.3 Å². The first kappa shape index (κ1) is 16.2. The Bertz CT molecular complexity index is 922. The van der Waals surface area contributed by atoms with Crippen LogP contribution in [0.2, 0.25) is 5.15 Å². The highest BCUT2D eigenvalue weighted by molar-refractivity contribution is 6.29. The maximum atomic E-state index is 14.2. The first-order chi connectivity index (χ1) is 12.0. The fourth-order valence-corrected chi connectivity index (χ4v) is 3.35. The predicted molar refractivity (Wildman–Crippen MR) is 92.9 cm³/mol. The number of likely N-dealkylation sites (N-methyl/N-ethyl adjacent to an activating group) is 1. The molecule has 0 spiro atoms. The number of rotatable bonds is 3. The lowest BCUT2D eigenvalue weighted by Crippen LogP contribution is -2.24. The summed E-state index contributed by atoms with van der Waals surface area (Å²) in [5, 5.41) is 7.95. The Labute approximate surface area is 148 Å². The molecule has 3 heterocycles. The van der Waals surface area contributed by atoms with Gasteiger partial charge < -0.3 is 10.2 Å². The van der Waals surface area contributed by atoms with Crippen LogP contribution in [-0.2, 0) is 0 Å². The number of aromatic nitrogens is 3. The number of nitrogens with one attached hydrogen (secondary N) is 1. The van der Waals surface area contributed by atoms with Crippen LogP contribution in [0.4, 0.5) is 14.5 Å². The number of nitrogens with zero attached hydrogens (tertiary/aromatic N) is 4. The summed E-state index contributed by atoms with van der Waals surface area (Å²) in [5.41, 5.74) is 1.16. The molecule has 3 aromatic rings. The summed E-state index contributed by atoms with van der Waals surface area (Å²) < 4.78 is 29.8. The SMILES string of the molecule is CN1CCC(Nc2cc(-c3c(F)cccc3F)nn3c(Cl)cnc23)C1. The summed E-state index contributed by atoms with van der Waals surface area (Å²) in [6.07, 6.45) is 2.44. The van der Waals surface area contributed by atoms with Crippen LogP contribution in [-0.4, -0.2) is 45.7 Å². The lowest BCUT2D eigenvalue weighted by atomic mass is 10.1. The van der Waals surface area contributed by atoms with Crippen LogP contribution in [0.15, 0.2) is 30.5 Å². The summed E-state index contributed by atoms with van der Waals surface area (Å²) >= 11 is 6.14. The number of benzene rings is 1. The lowest BCUT2D eigenvalue weighted by Gasteiger charge is -2.16. The zero-order valence-corrected chi connectivity index (χ0v) is 14.3. The van der Waals surface area contributed by atoms with Crippen LogP contribution in [0.3, 0.4) is 0 Å². The minimum atomic E-state index is -0.672. The highest BCUT2D eigenvalue weighted by atomic mass is 35.5. The maximum absolute atomic E-state index is 14.2. The van der Waals surface area contributed by atoms with Gasteiger partial charge in [0.15, 0.2) is 10.8 Å². The van der Waals surface area contributed by atoms with Crippen molar-refractivity contribution in [1.29, 1.82) is 0 Å². The molecule has 0 radical (unpaired) electrons. The van der Waals surface area contributed by atoms with Crippen molar-refractivity contribution in [3.63, 3.8) is 0 Å². The highest BCUT2D eigenvalue weighted by Crippen LogP contribution is 2.30. The van der Waals surface area contributed by atoms with E-state index in [-0.39, 0.29) is 22.5 Å². The second kappa shape index (κ2) is 6.24. The van der Waals surface area contributed by atoms with Gasteiger partial charge in [-0.3, -0.25) is 0 Å². The molecule has 1 aliphatic heterocycles. The molecule has 1 aromatic carbocycles. The largest absolute Gasteiger partial charge is 0.378 e. The van der Waals surface area contributed by atoms with Crippen molar-refractivity contribution in [2.45, 2.75) is 12.5 Å². The number of hydrogen-bond donors (Lipinski definition) is 1. The molecule has 1 aliphatic rings. The van der Waals surface area contributed by atoms with Crippen molar-refractivity contribution in [1.82, 2.24) is 19.5 Å². The molecule has 1 saturated heterocycles. The molecule has 25 heavy (non-hydrogen) atoms. The highest BCUT2D eigenvalue weighted by Gasteiger charge is 2.22. The Morgan fingerprint density at radius 1 is 1.28 bits per heavy atom. The van der Waals surface area contributed by atoms with E-state index in [9.17, 15) is 8.78 Å². The molecule has 4 rings (SSSR count). The van der Waals surface area contributed by atoms with Crippen LogP contribution in [0, 0.1) is 11.6 Å². The Kier molecular flexibility index (Phi) is 4.05. The van der Waals surface area contributed by atoms with E-state index in [4.69, 9.17) is 11.6 Å². The van der Waals surface area contributed by atoms with Crippen LogP contribution in [0.25, 0.3) is 16.9 Å². The first-order valence-electron chi connectivity index (χ1n) is 7.96. The molecule has 0 aliphatic carbocycles. The van der Waals surface area contributed by atoms with E-state index in [1.807, 2.05) is 0 Å². The number of fused-ring (bicyclic) bond motifs is 1. The van der Waals surface area contributed by atoms with Gasteiger partial charge in [-0.1, -0.05) is 17.7 Å². The van der Waals surface area contributed by atoms with E-state index in [1.165, 1.54) is 28.9 Å². The average molecular weight is 364 g/mol. The second-order valence-electron chi connectivity index (χ2n) is 6.25. The van der Waals surface area contributed by atoms with Gasteiger partial charge in [0.05, 0.1) is 23.1 Å². The molecule has 0 amide bonds. The number of halogens is 3. The van der Waals surface area contributed by atoms with Gasteiger partial charge >= 0.3 is 0 Å². The van der Waals surface area contributed by atoms with Gasteiger partial charge in [0, 0.05) is 12.6 Å². The Morgan fingerprint density at radius 2 is 2.04 bits per heavy atom. The van der Waals surface area contributed by atoms with Gasteiger partial charge in [-0.2, -0.15) is 9.61 Å². The molecule has 2 aromatic heterocycles. The fourth-order valence-electron chi connectivity index (χ4n) is 3.19. The predicted octanol–water partition coefficient (Wildman–Crippen LogP) is 3.44. The number of anilines is 1. The number of imidazole rings is 1. The molecule has 0 bridgehead atoms. The van der Waals surface area contributed by atoms with E-state index in [2.05, 4.69) is 27.3 Å². The zero-order chi connectivity index (χ0) is 17.6. The van der Waals surface area contributed by atoms with Gasteiger partial charge in [-0.25, -0.2) is 13.8 Å². The van der Waals surface area contributed by atoms with E-state index >= 15 is 0 Å². The third-order valence-electron chi connectivity index (χ3n) is 4.40. The molecule has 1 atom stereocenters. The monoisotopic (exact) mass is 363 g/mol. The van der Waals surface area contributed by atoms with Gasteiger partial charge in [0.25, 0.3) is 0 Å². The smallest absolute Gasteiger partial charge is 0.178 e. The van der Waals surface area contributed by atoms with Crippen molar-refractivity contribution in [3.05, 3.63) is 47.2 Å². The van der Waals surface area contributed by atoms with E-state index < -0.39 is 11.6 Å². The van der Waals surface area contributed by atoms with Crippen molar-refractivity contribution in [2.75, 3.05) is 25.5 Å². The maximum Gasteiger partial charge on any atom is 0.178 e. The summed E-state index contributed by atoms with van der Waals surface area (Å²) in [6, 6.07) is 5.59. The van der Waals surface area contributed by atoms with Gasteiger partial charge in [-0.15, -0.1) is 0 Å². The molecule has 8 heteroatoms. The summed E-state index contributed by atoms with van der Waals surface area (Å²) in [7, 11) is 2.05. The molecule has 1 unspecified atom stereocenters. The lowest BCUT2D eigenvalue weighted by molar-refractivity contribution is 0.414. The van der Waals surface area contributed by atoms with Crippen molar-refractivity contribution >= 4 is 22.9 Å². The molecular weight excluding hydrogens is 348 g/mol. The molecule has 1 fully saturated rings. The van der Waals surface area contributed by atoms with E-state index in [1.54, 1.807) is 6.07 Å². The standard InChI is InChI=1S/C17H16ClF2N5/c1-24-6-5-10(9-24)22-14-7-13(16-11(19)3-2-4-12(16)20)23-25-15(18)8-21-17(14)25/h2-4,7-8,10,22H,5-6,9H2,1H3. The molecule has 0 saturated carbocycles. The minimum Gasteiger partial charge on any atom is -0.378 e. The molecule has 5 nitrogen and oxygen atoms in total. The quantitative estimate of drug-likeness (QED) is 0.774. The normalized spacial score (nSPS) is 18.2. The van der Waals surface area contributed by atoms with Gasteiger partial charge in [0.2, 0.25) is 0 Å².